The first-order valence-corrected chi connectivity index (χ1v) is 8.71. The summed E-state index contributed by atoms with van der Waals surface area (Å²) in [5, 5.41) is 8.67. The summed E-state index contributed by atoms with van der Waals surface area (Å²) in [6.45, 7) is 3.18. The van der Waals surface area contributed by atoms with Crippen molar-refractivity contribution in [1.82, 2.24) is 10.2 Å². The van der Waals surface area contributed by atoms with Crippen LogP contribution in [0.5, 0.6) is 11.5 Å². The van der Waals surface area contributed by atoms with Gasteiger partial charge in [-0.05, 0) is 43.3 Å². The lowest BCUT2D eigenvalue weighted by Gasteiger charge is -2.03. The molecule has 0 aliphatic rings. The van der Waals surface area contributed by atoms with Gasteiger partial charge in [-0.2, -0.15) is 0 Å². The van der Waals surface area contributed by atoms with Gasteiger partial charge in [-0.1, -0.05) is 30.0 Å². The predicted octanol–water partition coefficient (Wildman–Crippen LogP) is 4.31. The Labute approximate surface area is 145 Å². The molecule has 24 heavy (non-hydrogen) atoms. The number of hydrogen-bond acceptors (Lipinski definition) is 6. The van der Waals surface area contributed by atoms with Crippen LogP contribution >= 0.6 is 11.8 Å². The summed E-state index contributed by atoms with van der Waals surface area (Å²) in [7, 11) is 0. The van der Waals surface area contributed by atoms with E-state index in [4.69, 9.17) is 13.9 Å². The van der Waals surface area contributed by atoms with Gasteiger partial charge in [0.1, 0.15) is 11.5 Å². The van der Waals surface area contributed by atoms with Gasteiger partial charge in [0.15, 0.2) is 0 Å². The van der Waals surface area contributed by atoms with Crippen molar-refractivity contribution in [2.24, 2.45) is 0 Å². The molecule has 6 heteroatoms. The Morgan fingerprint density at radius 1 is 0.917 bits per heavy atom. The number of benzene rings is 2. The Morgan fingerprint density at radius 2 is 1.67 bits per heavy atom. The summed E-state index contributed by atoms with van der Waals surface area (Å²) in [6.07, 6.45) is 0. The van der Waals surface area contributed by atoms with Gasteiger partial charge in [-0.3, -0.25) is 0 Å². The topological polar surface area (TPSA) is 57.4 Å². The number of nitrogens with zero attached hydrogens (tertiary/aromatic N) is 2. The lowest BCUT2D eigenvalue weighted by molar-refractivity contribution is 0.340. The van der Waals surface area contributed by atoms with Crippen LogP contribution in [-0.4, -0.2) is 29.2 Å². The van der Waals surface area contributed by atoms with Crippen LogP contribution in [0.15, 0.2) is 64.2 Å². The molecule has 0 spiro atoms. The van der Waals surface area contributed by atoms with Crippen molar-refractivity contribution in [3.8, 4) is 23.0 Å². The van der Waals surface area contributed by atoms with Crippen molar-refractivity contribution in [3.63, 3.8) is 0 Å². The molecule has 2 aromatic carbocycles. The van der Waals surface area contributed by atoms with E-state index < -0.39 is 0 Å². The van der Waals surface area contributed by atoms with Gasteiger partial charge in [0.05, 0.1) is 13.2 Å². The van der Waals surface area contributed by atoms with Crippen LogP contribution in [0, 0.1) is 0 Å². The standard InChI is InChI=1S/C18H18N2O3S/c1-2-21-16-10-8-14(9-11-16)17-19-20-18(23-17)24-13-12-22-15-6-4-3-5-7-15/h3-11H,2,12-13H2,1H3. The fourth-order valence-corrected chi connectivity index (χ4v) is 2.63. The fourth-order valence-electron chi connectivity index (χ4n) is 2.05. The quantitative estimate of drug-likeness (QED) is 0.449. The number of thioether (sulfide) groups is 1. The summed E-state index contributed by atoms with van der Waals surface area (Å²) in [5.74, 6) is 2.93. The van der Waals surface area contributed by atoms with Gasteiger partial charge < -0.3 is 13.9 Å². The van der Waals surface area contributed by atoms with Crippen LogP contribution in [0.3, 0.4) is 0 Å². The van der Waals surface area contributed by atoms with E-state index in [2.05, 4.69) is 10.2 Å². The highest BCUT2D eigenvalue weighted by atomic mass is 32.2. The van der Waals surface area contributed by atoms with Crippen molar-refractivity contribution >= 4 is 11.8 Å². The van der Waals surface area contributed by atoms with E-state index in [1.165, 1.54) is 11.8 Å². The van der Waals surface area contributed by atoms with Gasteiger partial charge in [0, 0.05) is 11.3 Å². The average molecular weight is 342 g/mol. The van der Waals surface area contributed by atoms with Crippen molar-refractivity contribution in [2.45, 2.75) is 12.1 Å². The molecule has 0 amide bonds. The monoisotopic (exact) mass is 342 g/mol. The first kappa shape index (κ1) is 16.4. The second kappa shape index (κ2) is 8.40. The molecular weight excluding hydrogens is 324 g/mol. The molecule has 0 saturated heterocycles. The zero-order valence-corrected chi connectivity index (χ0v) is 14.2. The van der Waals surface area contributed by atoms with E-state index in [1.807, 2.05) is 61.5 Å². The summed E-state index contributed by atoms with van der Waals surface area (Å²) >= 11 is 1.48. The molecule has 124 valence electrons. The molecule has 0 N–H and O–H groups in total. The molecule has 0 fully saturated rings. The van der Waals surface area contributed by atoms with Crippen molar-refractivity contribution < 1.29 is 13.9 Å². The normalized spacial score (nSPS) is 10.5. The van der Waals surface area contributed by atoms with Crippen LogP contribution in [-0.2, 0) is 0 Å². The first-order chi connectivity index (χ1) is 11.8. The maximum Gasteiger partial charge on any atom is 0.276 e. The molecule has 0 radical (unpaired) electrons. The fraction of sp³-hybridized carbons (Fsp3) is 0.222. The first-order valence-electron chi connectivity index (χ1n) is 7.72. The summed E-state index contributed by atoms with van der Waals surface area (Å²) in [5.41, 5.74) is 0.873. The van der Waals surface area contributed by atoms with Gasteiger partial charge in [0.25, 0.3) is 5.22 Å². The van der Waals surface area contributed by atoms with Crippen molar-refractivity contribution in [3.05, 3.63) is 54.6 Å². The minimum atomic E-state index is 0.504. The van der Waals surface area contributed by atoms with Crippen LogP contribution in [0.4, 0.5) is 0 Å². The largest absolute Gasteiger partial charge is 0.494 e. The maximum atomic E-state index is 5.67. The molecule has 5 nitrogen and oxygen atoms in total. The van der Waals surface area contributed by atoms with Crippen molar-refractivity contribution in [1.29, 1.82) is 0 Å². The van der Waals surface area contributed by atoms with E-state index in [1.54, 1.807) is 0 Å². The maximum absolute atomic E-state index is 5.67. The van der Waals surface area contributed by atoms with E-state index in [9.17, 15) is 0 Å². The Bertz CT molecular complexity index is 744. The zero-order valence-electron chi connectivity index (χ0n) is 13.3. The predicted molar refractivity (Wildman–Crippen MR) is 93.6 cm³/mol. The highest BCUT2D eigenvalue weighted by Gasteiger charge is 2.09. The lowest BCUT2D eigenvalue weighted by atomic mass is 10.2. The Hall–Kier alpha value is -2.47. The summed E-state index contributed by atoms with van der Waals surface area (Å²) in [4.78, 5) is 0. The molecule has 0 atom stereocenters. The number of para-hydroxylation sites is 1. The molecule has 3 aromatic rings. The van der Waals surface area contributed by atoms with Crippen LogP contribution < -0.4 is 9.47 Å². The second-order valence-corrected chi connectivity index (χ2v) is 5.89. The van der Waals surface area contributed by atoms with Crippen LogP contribution in [0.2, 0.25) is 0 Å². The molecule has 0 saturated carbocycles. The third kappa shape index (κ3) is 4.52. The Morgan fingerprint density at radius 3 is 2.42 bits per heavy atom. The molecule has 0 aliphatic carbocycles. The minimum absolute atomic E-state index is 0.504. The smallest absolute Gasteiger partial charge is 0.276 e. The average Bonchev–Trinajstić information content (AvgIpc) is 3.10. The molecule has 1 heterocycles. The molecule has 1 aromatic heterocycles. The Balaban J connectivity index is 1.50. The highest BCUT2D eigenvalue weighted by molar-refractivity contribution is 7.99. The lowest BCUT2D eigenvalue weighted by Crippen LogP contribution is -1.99. The number of hydrogen-bond donors (Lipinski definition) is 0. The van der Waals surface area contributed by atoms with E-state index in [0.717, 1.165) is 22.8 Å². The van der Waals surface area contributed by atoms with Crippen molar-refractivity contribution in [2.75, 3.05) is 19.0 Å². The SMILES string of the molecule is CCOc1ccc(-c2nnc(SCCOc3ccccc3)o2)cc1. The third-order valence-electron chi connectivity index (χ3n) is 3.14. The van der Waals surface area contributed by atoms with Gasteiger partial charge >= 0.3 is 0 Å². The molecule has 0 aliphatic heterocycles. The molecule has 3 rings (SSSR count). The van der Waals surface area contributed by atoms with E-state index in [-0.39, 0.29) is 0 Å². The second-order valence-electron chi connectivity index (χ2n) is 4.84. The number of aromatic nitrogens is 2. The van der Waals surface area contributed by atoms with Crippen LogP contribution in [0.25, 0.3) is 11.5 Å². The minimum Gasteiger partial charge on any atom is -0.494 e. The summed E-state index contributed by atoms with van der Waals surface area (Å²) < 4.78 is 16.7. The molecular formula is C18H18N2O3S. The van der Waals surface area contributed by atoms with E-state index >= 15 is 0 Å². The van der Waals surface area contributed by atoms with Crippen LogP contribution in [0.1, 0.15) is 6.92 Å². The van der Waals surface area contributed by atoms with Gasteiger partial charge in [-0.25, -0.2) is 0 Å². The highest BCUT2D eigenvalue weighted by Crippen LogP contribution is 2.25. The Kier molecular flexibility index (Phi) is 5.74. The van der Waals surface area contributed by atoms with Gasteiger partial charge in [0.2, 0.25) is 5.89 Å². The number of rotatable bonds is 8. The molecule has 0 bridgehead atoms. The zero-order chi connectivity index (χ0) is 16.6. The summed E-state index contributed by atoms with van der Waals surface area (Å²) in [6, 6.07) is 17.3. The molecule has 0 unspecified atom stereocenters. The number of ether oxygens (including phenoxy) is 2. The van der Waals surface area contributed by atoms with Gasteiger partial charge in [-0.15, -0.1) is 10.2 Å². The third-order valence-corrected chi connectivity index (χ3v) is 3.92. The van der Waals surface area contributed by atoms with E-state index in [0.29, 0.717) is 24.3 Å².